The fourth-order valence-corrected chi connectivity index (χ4v) is 3.24. The lowest BCUT2D eigenvalue weighted by Crippen LogP contribution is -2.18. The van der Waals surface area contributed by atoms with E-state index in [0.717, 1.165) is 17.3 Å². The Labute approximate surface area is 199 Å². The van der Waals surface area contributed by atoms with Crippen LogP contribution in [-0.4, -0.2) is 22.3 Å². The molecule has 0 radical (unpaired) electrons. The van der Waals surface area contributed by atoms with Crippen molar-refractivity contribution in [2.45, 2.75) is 6.61 Å². The largest absolute Gasteiger partial charge is 0.489 e. The summed E-state index contributed by atoms with van der Waals surface area (Å²) < 4.78 is 19.5. The second kappa shape index (κ2) is 10.3. The summed E-state index contributed by atoms with van der Waals surface area (Å²) in [5.74, 6) is -0.367. The lowest BCUT2D eigenvalue weighted by Gasteiger charge is -2.07. The molecule has 0 aliphatic heterocycles. The maximum Gasteiger partial charge on any atom is 0.289 e. The maximum absolute atomic E-state index is 13.7. The fourth-order valence-electron chi connectivity index (χ4n) is 2.90. The molecule has 1 amide bonds. The highest BCUT2D eigenvalue weighted by molar-refractivity contribution is 6.33. The molecule has 9 heteroatoms. The van der Waals surface area contributed by atoms with Crippen LogP contribution in [0.4, 0.5) is 4.39 Å². The van der Waals surface area contributed by atoms with E-state index in [4.69, 9.17) is 27.9 Å². The van der Waals surface area contributed by atoms with Crippen molar-refractivity contribution in [1.29, 1.82) is 0 Å². The first-order chi connectivity index (χ1) is 16.0. The van der Waals surface area contributed by atoms with Crippen LogP contribution in [0.15, 0.2) is 77.9 Å². The zero-order valence-corrected chi connectivity index (χ0v) is 18.6. The average Bonchev–Trinajstić information content (AvgIpc) is 3.31. The van der Waals surface area contributed by atoms with Crippen molar-refractivity contribution < 1.29 is 13.9 Å². The highest BCUT2D eigenvalue weighted by atomic mass is 35.5. The van der Waals surface area contributed by atoms with Crippen LogP contribution in [-0.2, 0) is 6.61 Å². The molecule has 0 saturated carbocycles. The fraction of sp³-hybridized carbons (Fsp3) is 0.0417. The summed E-state index contributed by atoms with van der Waals surface area (Å²) in [4.78, 5) is 12.3. The van der Waals surface area contributed by atoms with Gasteiger partial charge in [-0.3, -0.25) is 9.89 Å². The normalized spacial score (nSPS) is 11.0. The van der Waals surface area contributed by atoms with Crippen LogP contribution >= 0.6 is 23.2 Å². The van der Waals surface area contributed by atoms with E-state index >= 15 is 0 Å². The second-order valence-corrected chi connectivity index (χ2v) is 7.78. The Morgan fingerprint density at radius 2 is 1.85 bits per heavy atom. The van der Waals surface area contributed by atoms with E-state index in [-0.39, 0.29) is 16.3 Å². The number of nitrogens with one attached hydrogen (secondary N) is 2. The molecule has 0 atom stereocenters. The number of aromatic amines is 1. The van der Waals surface area contributed by atoms with Crippen molar-refractivity contribution >= 4 is 35.3 Å². The van der Waals surface area contributed by atoms with Gasteiger partial charge < -0.3 is 4.74 Å². The van der Waals surface area contributed by atoms with E-state index in [1.807, 2.05) is 48.5 Å². The lowest BCUT2D eigenvalue weighted by atomic mass is 10.1. The number of carbonyl (C=O) groups is 1. The Morgan fingerprint density at radius 1 is 1.09 bits per heavy atom. The smallest absolute Gasteiger partial charge is 0.289 e. The number of hydrazone groups is 1. The molecule has 2 N–H and O–H groups in total. The van der Waals surface area contributed by atoms with Crippen molar-refractivity contribution in [3.63, 3.8) is 0 Å². The number of aromatic nitrogens is 2. The molecule has 0 spiro atoms. The van der Waals surface area contributed by atoms with Crippen LogP contribution in [0, 0.1) is 5.82 Å². The highest BCUT2D eigenvalue weighted by Gasteiger charge is 2.11. The van der Waals surface area contributed by atoms with Gasteiger partial charge in [-0.1, -0.05) is 41.4 Å². The Hall–Kier alpha value is -3.68. The van der Waals surface area contributed by atoms with Gasteiger partial charge in [-0.05, 0) is 60.2 Å². The van der Waals surface area contributed by atoms with Gasteiger partial charge in [0.25, 0.3) is 5.91 Å². The second-order valence-electron chi connectivity index (χ2n) is 6.94. The molecule has 1 heterocycles. The topological polar surface area (TPSA) is 79.4 Å². The Morgan fingerprint density at radius 3 is 2.58 bits per heavy atom. The number of hydrogen-bond donors (Lipinski definition) is 2. The lowest BCUT2D eigenvalue weighted by molar-refractivity contribution is 0.0950. The van der Waals surface area contributed by atoms with E-state index in [2.05, 4.69) is 20.7 Å². The Bertz CT molecular complexity index is 1270. The van der Waals surface area contributed by atoms with Gasteiger partial charge in [-0.25, -0.2) is 9.82 Å². The number of ether oxygens (including phenoxy) is 1. The van der Waals surface area contributed by atoms with E-state index in [1.54, 1.807) is 6.07 Å². The molecular weight excluding hydrogens is 466 g/mol. The van der Waals surface area contributed by atoms with Crippen molar-refractivity contribution in [3.05, 3.63) is 105 Å². The first kappa shape index (κ1) is 22.5. The summed E-state index contributed by atoms with van der Waals surface area (Å²) in [7, 11) is 0. The molecule has 4 rings (SSSR count). The van der Waals surface area contributed by atoms with Crippen molar-refractivity contribution in [3.8, 4) is 17.0 Å². The van der Waals surface area contributed by atoms with Crippen LogP contribution in [0.3, 0.4) is 0 Å². The van der Waals surface area contributed by atoms with Crippen LogP contribution < -0.4 is 10.2 Å². The van der Waals surface area contributed by atoms with Crippen LogP contribution in [0.5, 0.6) is 5.75 Å². The number of rotatable bonds is 7. The number of amides is 1. The number of carbonyl (C=O) groups excluding carboxylic acids is 1. The summed E-state index contributed by atoms with van der Waals surface area (Å²) in [6, 6.07) is 20.6. The monoisotopic (exact) mass is 482 g/mol. The summed E-state index contributed by atoms with van der Waals surface area (Å²) in [5, 5.41) is 11.5. The Kier molecular flexibility index (Phi) is 7.02. The molecule has 0 aliphatic carbocycles. The molecule has 33 heavy (non-hydrogen) atoms. The standard InChI is InChI=1S/C24H17Cl2FN4O2/c25-17-8-4-15(5-9-17)14-33-18-10-6-16(7-11-18)22-12-23(30-29-22)24(32)31-28-13-19-20(26)2-1-3-21(19)27/h1-13H,14H2,(H,29,30)(H,31,32)/b28-13+. The molecule has 1 aromatic heterocycles. The van der Waals surface area contributed by atoms with E-state index < -0.39 is 11.7 Å². The quantitative estimate of drug-likeness (QED) is 0.255. The number of halogens is 3. The van der Waals surface area contributed by atoms with Gasteiger partial charge in [0, 0.05) is 16.1 Å². The van der Waals surface area contributed by atoms with Crippen molar-refractivity contribution in [2.75, 3.05) is 0 Å². The van der Waals surface area contributed by atoms with Gasteiger partial charge in [0.2, 0.25) is 0 Å². The Balaban J connectivity index is 1.35. The first-order valence-corrected chi connectivity index (χ1v) is 10.6. The summed E-state index contributed by atoms with van der Waals surface area (Å²) in [5.41, 5.74) is 4.98. The minimum Gasteiger partial charge on any atom is -0.489 e. The zero-order chi connectivity index (χ0) is 23.2. The third-order valence-electron chi connectivity index (χ3n) is 4.65. The third kappa shape index (κ3) is 5.77. The summed E-state index contributed by atoms with van der Waals surface area (Å²) in [6.45, 7) is 0.419. The van der Waals surface area contributed by atoms with Gasteiger partial charge >= 0.3 is 0 Å². The summed E-state index contributed by atoms with van der Waals surface area (Å²) >= 11 is 11.8. The molecule has 4 aromatic rings. The average molecular weight is 483 g/mol. The van der Waals surface area contributed by atoms with Gasteiger partial charge in [0.15, 0.2) is 0 Å². The van der Waals surface area contributed by atoms with Gasteiger partial charge in [0.1, 0.15) is 23.9 Å². The van der Waals surface area contributed by atoms with Gasteiger partial charge in [-0.2, -0.15) is 10.2 Å². The van der Waals surface area contributed by atoms with E-state index in [0.29, 0.717) is 23.1 Å². The van der Waals surface area contributed by atoms with Gasteiger partial charge in [0.05, 0.1) is 16.9 Å². The molecule has 0 saturated heterocycles. The highest BCUT2D eigenvalue weighted by Crippen LogP contribution is 2.22. The SMILES string of the molecule is O=C(N/N=C/c1c(F)cccc1Cl)c1cc(-c2ccc(OCc3ccc(Cl)cc3)cc2)n[nH]1. The molecule has 0 bridgehead atoms. The molecule has 0 aliphatic rings. The molecule has 166 valence electrons. The first-order valence-electron chi connectivity index (χ1n) is 9.80. The minimum atomic E-state index is -0.537. The van der Waals surface area contributed by atoms with Crippen LogP contribution in [0.2, 0.25) is 10.0 Å². The third-order valence-corrected chi connectivity index (χ3v) is 5.23. The maximum atomic E-state index is 13.7. The van der Waals surface area contributed by atoms with Crippen molar-refractivity contribution in [2.24, 2.45) is 5.10 Å². The molecular formula is C24H17Cl2FN4O2. The predicted molar refractivity (Wildman–Crippen MR) is 126 cm³/mol. The number of nitrogens with zero attached hydrogens (tertiary/aromatic N) is 2. The number of benzene rings is 3. The molecule has 3 aromatic carbocycles. The van der Waals surface area contributed by atoms with E-state index in [9.17, 15) is 9.18 Å². The predicted octanol–water partition coefficient (Wildman–Crippen LogP) is 5.87. The number of hydrogen-bond acceptors (Lipinski definition) is 4. The van der Waals surface area contributed by atoms with Crippen molar-refractivity contribution in [1.82, 2.24) is 15.6 Å². The van der Waals surface area contributed by atoms with E-state index in [1.165, 1.54) is 18.2 Å². The van der Waals surface area contributed by atoms with Gasteiger partial charge in [-0.15, -0.1) is 0 Å². The molecule has 0 unspecified atom stereocenters. The molecule has 6 nitrogen and oxygen atoms in total. The van der Waals surface area contributed by atoms with Crippen LogP contribution in [0.25, 0.3) is 11.3 Å². The zero-order valence-electron chi connectivity index (χ0n) is 17.1. The number of H-pyrrole nitrogens is 1. The van der Waals surface area contributed by atoms with Crippen LogP contribution in [0.1, 0.15) is 21.6 Å². The molecule has 0 fully saturated rings. The summed E-state index contributed by atoms with van der Waals surface area (Å²) in [6.07, 6.45) is 1.15. The minimum absolute atomic E-state index is 0.0862.